The second-order valence-electron chi connectivity index (χ2n) is 3.05. The molecule has 0 spiro atoms. The third kappa shape index (κ3) is 9.49. The number of aliphatic hydroxyl groups excluding tert-OH is 2. The average molecular weight is 189 g/mol. The minimum absolute atomic E-state index is 0.209. The molecule has 0 saturated carbocycles. The molecule has 0 amide bonds. The maximum Gasteiger partial charge on any atom is 0.0894 e. The maximum atomic E-state index is 8.94. The van der Waals surface area contributed by atoms with Crippen molar-refractivity contribution in [3.8, 4) is 0 Å². The molecular formula is C9H19NO3. The van der Waals surface area contributed by atoms with Gasteiger partial charge in [0, 0.05) is 13.1 Å². The third-order valence-electron chi connectivity index (χ3n) is 1.36. The van der Waals surface area contributed by atoms with Crippen molar-refractivity contribution in [1.29, 1.82) is 0 Å². The molecule has 0 aliphatic carbocycles. The van der Waals surface area contributed by atoms with E-state index in [0.29, 0.717) is 26.3 Å². The highest BCUT2D eigenvalue weighted by Crippen LogP contribution is 1.86. The van der Waals surface area contributed by atoms with Crippen LogP contribution >= 0.6 is 0 Å². The summed E-state index contributed by atoms with van der Waals surface area (Å²) in [7, 11) is 0. The third-order valence-corrected chi connectivity index (χ3v) is 1.36. The van der Waals surface area contributed by atoms with Crippen LogP contribution in [0, 0.1) is 0 Å². The van der Waals surface area contributed by atoms with Gasteiger partial charge in [0.2, 0.25) is 0 Å². The van der Waals surface area contributed by atoms with E-state index in [9.17, 15) is 0 Å². The zero-order valence-electron chi connectivity index (χ0n) is 8.12. The predicted molar refractivity (Wildman–Crippen MR) is 51.6 cm³/mol. The fourth-order valence-corrected chi connectivity index (χ4v) is 0.724. The van der Waals surface area contributed by atoms with Crippen LogP contribution in [0.15, 0.2) is 12.2 Å². The summed E-state index contributed by atoms with van der Waals surface area (Å²) in [4.78, 5) is 0. The molecule has 0 radical (unpaired) electrons. The van der Waals surface area contributed by atoms with Gasteiger partial charge in [-0.05, 0) is 6.92 Å². The first-order valence-corrected chi connectivity index (χ1v) is 4.38. The van der Waals surface area contributed by atoms with Crippen LogP contribution in [0.5, 0.6) is 0 Å². The van der Waals surface area contributed by atoms with Gasteiger partial charge in [0.05, 0.1) is 25.9 Å². The van der Waals surface area contributed by atoms with E-state index in [1.807, 2.05) is 6.92 Å². The SMILES string of the molecule is C=C(C)COCCNC[C@H](O)CO. The van der Waals surface area contributed by atoms with Crippen molar-refractivity contribution in [2.45, 2.75) is 13.0 Å². The van der Waals surface area contributed by atoms with Gasteiger partial charge < -0.3 is 20.3 Å². The lowest BCUT2D eigenvalue weighted by Crippen LogP contribution is -2.31. The molecule has 1 atom stereocenters. The van der Waals surface area contributed by atoms with Crippen LogP contribution in [0.1, 0.15) is 6.92 Å². The number of ether oxygens (including phenoxy) is 1. The van der Waals surface area contributed by atoms with Crippen molar-refractivity contribution in [2.24, 2.45) is 0 Å². The molecule has 0 aliphatic heterocycles. The summed E-state index contributed by atoms with van der Waals surface area (Å²) >= 11 is 0. The fraction of sp³-hybridized carbons (Fsp3) is 0.778. The van der Waals surface area contributed by atoms with E-state index in [1.165, 1.54) is 0 Å². The number of aliphatic hydroxyl groups is 2. The lowest BCUT2D eigenvalue weighted by molar-refractivity contribution is 0.0906. The molecule has 0 aromatic heterocycles. The van der Waals surface area contributed by atoms with Gasteiger partial charge in [-0.25, -0.2) is 0 Å². The van der Waals surface area contributed by atoms with Crippen molar-refractivity contribution in [3.05, 3.63) is 12.2 Å². The first kappa shape index (κ1) is 12.6. The van der Waals surface area contributed by atoms with Crippen LogP contribution in [-0.2, 0) is 4.74 Å². The molecule has 0 fully saturated rings. The van der Waals surface area contributed by atoms with Crippen LogP contribution in [0.3, 0.4) is 0 Å². The highest BCUT2D eigenvalue weighted by molar-refractivity contribution is 4.87. The van der Waals surface area contributed by atoms with Gasteiger partial charge in [0.25, 0.3) is 0 Å². The Balaban J connectivity index is 3.04. The second-order valence-corrected chi connectivity index (χ2v) is 3.05. The first-order valence-electron chi connectivity index (χ1n) is 4.38. The van der Waals surface area contributed by atoms with Crippen molar-refractivity contribution in [2.75, 3.05) is 32.9 Å². The molecule has 0 saturated heterocycles. The Morgan fingerprint density at radius 1 is 1.62 bits per heavy atom. The quantitative estimate of drug-likeness (QED) is 0.356. The minimum Gasteiger partial charge on any atom is -0.394 e. The Bertz CT molecular complexity index is 139. The van der Waals surface area contributed by atoms with E-state index in [0.717, 1.165) is 5.57 Å². The molecule has 13 heavy (non-hydrogen) atoms. The average Bonchev–Trinajstić information content (AvgIpc) is 2.10. The van der Waals surface area contributed by atoms with Crippen LogP contribution in [0.4, 0.5) is 0 Å². The van der Waals surface area contributed by atoms with E-state index < -0.39 is 6.10 Å². The standard InChI is InChI=1S/C9H19NO3/c1-8(2)7-13-4-3-10-5-9(12)6-11/h9-12H,1,3-7H2,2H3/t9-/m0/s1. The lowest BCUT2D eigenvalue weighted by atomic mass is 10.4. The van der Waals surface area contributed by atoms with E-state index in [4.69, 9.17) is 14.9 Å². The summed E-state index contributed by atoms with van der Waals surface area (Å²) in [6.07, 6.45) is -0.679. The predicted octanol–water partition coefficient (Wildman–Crippen LogP) is -0.478. The highest BCUT2D eigenvalue weighted by atomic mass is 16.5. The topological polar surface area (TPSA) is 61.7 Å². The Morgan fingerprint density at radius 3 is 2.85 bits per heavy atom. The molecule has 3 N–H and O–H groups in total. The van der Waals surface area contributed by atoms with Crippen molar-refractivity contribution in [1.82, 2.24) is 5.32 Å². The number of rotatable bonds is 8. The molecule has 4 heteroatoms. The summed E-state index contributed by atoms with van der Waals surface area (Å²) < 4.78 is 5.20. The molecule has 0 aromatic carbocycles. The van der Waals surface area contributed by atoms with Gasteiger partial charge in [-0.3, -0.25) is 0 Å². The Labute approximate surface area is 79.2 Å². The van der Waals surface area contributed by atoms with E-state index in [-0.39, 0.29) is 6.61 Å². The zero-order chi connectivity index (χ0) is 10.1. The molecule has 4 nitrogen and oxygen atoms in total. The van der Waals surface area contributed by atoms with Crippen LogP contribution < -0.4 is 5.32 Å². The smallest absolute Gasteiger partial charge is 0.0894 e. The zero-order valence-corrected chi connectivity index (χ0v) is 8.12. The van der Waals surface area contributed by atoms with E-state index >= 15 is 0 Å². The maximum absolute atomic E-state index is 8.94. The number of nitrogens with one attached hydrogen (secondary N) is 1. The van der Waals surface area contributed by atoms with E-state index in [1.54, 1.807) is 0 Å². The molecule has 0 unspecified atom stereocenters. The fourth-order valence-electron chi connectivity index (χ4n) is 0.724. The van der Waals surface area contributed by atoms with Gasteiger partial charge in [-0.15, -0.1) is 0 Å². The Hall–Kier alpha value is -0.420. The summed E-state index contributed by atoms with van der Waals surface area (Å²) in [6, 6.07) is 0. The largest absolute Gasteiger partial charge is 0.394 e. The number of hydrogen-bond acceptors (Lipinski definition) is 4. The lowest BCUT2D eigenvalue weighted by Gasteiger charge is -2.08. The van der Waals surface area contributed by atoms with Crippen molar-refractivity contribution < 1.29 is 14.9 Å². The van der Waals surface area contributed by atoms with Crippen molar-refractivity contribution >= 4 is 0 Å². The minimum atomic E-state index is -0.679. The van der Waals surface area contributed by atoms with Crippen LogP contribution in [0.25, 0.3) is 0 Å². The Morgan fingerprint density at radius 2 is 2.31 bits per heavy atom. The van der Waals surface area contributed by atoms with Gasteiger partial charge in [0.15, 0.2) is 0 Å². The highest BCUT2D eigenvalue weighted by Gasteiger charge is 1.99. The van der Waals surface area contributed by atoms with Gasteiger partial charge in [-0.1, -0.05) is 12.2 Å². The molecule has 0 aromatic rings. The summed E-state index contributed by atoms with van der Waals surface area (Å²) in [6.45, 7) is 7.62. The second kappa shape index (κ2) is 8.19. The normalized spacial score (nSPS) is 12.8. The first-order chi connectivity index (χ1) is 6.16. The van der Waals surface area contributed by atoms with Crippen LogP contribution in [-0.4, -0.2) is 49.2 Å². The molecule has 0 heterocycles. The molecule has 0 rings (SSSR count). The number of hydrogen-bond donors (Lipinski definition) is 3. The summed E-state index contributed by atoms with van der Waals surface area (Å²) in [5.41, 5.74) is 0.996. The summed E-state index contributed by atoms with van der Waals surface area (Å²) in [5, 5.41) is 20.4. The van der Waals surface area contributed by atoms with E-state index in [2.05, 4.69) is 11.9 Å². The summed E-state index contributed by atoms with van der Waals surface area (Å²) in [5.74, 6) is 0. The van der Waals surface area contributed by atoms with Crippen molar-refractivity contribution in [3.63, 3.8) is 0 Å². The molecule has 0 bridgehead atoms. The molecular weight excluding hydrogens is 170 g/mol. The van der Waals surface area contributed by atoms with Gasteiger partial charge >= 0.3 is 0 Å². The molecule has 0 aliphatic rings. The van der Waals surface area contributed by atoms with Gasteiger partial charge in [-0.2, -0.15) is 0 Å². The van der Waals surface area contributed by atoms with Gasteiger partial charge in [0.1, 0.15) is 0 Å². The Kier molecular flexibility index (Phi) is 7.93. The molecule has 78 valence electrons. The monoisotopic (exact) mass is 189 g/mol. The van der Waals surface area contributed by atoms with Crippen LogP contribution in [0.2, 0.25) is 0 Å².